The fraction of sp³-hybridized carbons (Fsp3) is 0.917. The summed E-state index contributed by atoms with van der Waals surface area (Å²) in [4.78, 5) is 28.5. The molecule has 8 rings (SSSR count). The monoisotopic (exact) mass is 1040 g/mol. The van der Waals surface area contributed by atoms with E-state index in [4.69, 9.17) is 32.6 Å². The highest BCUT2D eigenvalue weighted by Gasteiger charge is 2.71. The molecule has 0 radical (unpaired) electrons. The van der Waals surface area contributed by atoms with Crippen LogP contribution < -0.4 is 0 Å². The van der Waals surface area contributed by atoms with Crippen LogP contribution in [0.1, 0.15) is 106 Å². The van der Waals surface area contributed by atoms with E-state index in [0.29, 0.717) is 57.8 Å². The molecule has 23 heteroatoms. The first-order valence-electron chi connectivity index (χ1n) is 25.0. The molecule has 0 bridgehead atoms. The van der Waals surface area contributed by atoms with Crippen molar-refractivity contribution in [1.29, 1.82) is 0 Å². The number of aliphatic hydroxyl groups is 10. The molecule has 8 aliphatic rings. The fourth-order valence-corrected chi connectivity index (χ4v) is 15.6. The van der Waals surface area contributed by atoms with Crippen LogP contribution in [-0.2, 0) is 52.6 Å². The molecule has 3 aliphatic heterocycles. The zero-order valence-corrected chi connectivity index (χ0v) is 42.0. The molecule has 11 N–H and O–H groups in total. The molecule has 3 heterocycles. The Balaban J connectivity index is 1.10. The van der Waals surface area contributed by atoms with Crippen molar-refractivity contribution in [3.05, 3.63) is 11.6 Å². The van der Waals surface area contributed by atoms with Gasteiger partial charge in [0.25, 0.3) is 0 Å². The van der Waals surface area contributed by atoms with Crippen LogP contribution in [0.4, 0.5) is 0 Å². The number of rotatable bonds is 12. The predicted molar refractivity (Wildman–Crippen MR) is 241 cm³/mol. The van der Waals surface area contributed by atoms with Crippen molar-refractivity contribution in [2.75, 3.05) is 19.8 Å². The maximum absolute atomic E-state index is 15.4. The van der Waals surface area contributed by atoms with Crippen LogP contribution in [0.3, 0.4) is 0 Å². The molecule has 0 amide bonds. The summed E-state index contributed by atoms with van der Waals surface area (Å²) in [6.45, 7) is 10.5. The largest absolute Gasteiger partial charge is 0.432 e. The SMILES string of the molecule is CC1(C)CC[C@]2(C(=O)O[C@@H]3O[C@H](CO[C@@H]4O[C@H](CO)[C@@H](O)[C@H](O)[C@H]4O)[C@@H](O)[C@H](O)[C@H]3O[C@@H]3O[C@H](CO)[C@@H](O)[C@H](O)[C@H]3O)CC[C@]3(C)C(=CC[C@@H]4[C@@]5(C)CC[C@H](OS(=O)(=O)O)[C@@](C)(C=O)[C@@H]5CC[C@]43C)[C@@H]2C1. The van der Waals surface area contributed by atoms with E-state index in [2.05, 4.69) is 40.7 Å². The Hall–Kier alpha value is -1.85. The summed E-state index contributed by atoms with van der Waals surface area (Å²) in [5, 5.41) is 106. The standard InChI is InChI=1S/C48H76O22S/c1-43(2)13-15-48(16-14-46(5)22(23(48)17-43)7-8-28-44(3)11-10-29(70-71(61,62)63)45(4,21-51)27(44)9-12-47(28,46)6)42(60)69-41-38(68-40-37(59)34(56)31(53)25(19-50)66-40)35(57)32(54)26(67-41)20-64-39-36(58)33(55)30(52)24(18-49)65-39/h7,21,23-41,49-50,52-59H,8-20H2,1-6H3,(H,61,62,63)/t23-,24+,25+,26+,27+,28+,29-,30+,31+,32+,33-,34-,35-,36+,37+,38+,39+,40-,41-,44-,45-,46+,47+,48-/m0/s1. The summed E-state index contributed by atoms with van der Waals surface area (Å²) in [6, 6.07) is 0. The second-order valence-electron chi connectivity index (χ2n) is 23.7. The van der Waals surface area contributed by atoms with Gasteiger partial charge in [-0.15, -0.1) is 0 Å². The Morgan fingerprint density at radius 2 is 1.28 bits per heavy atom. The molecule has 0 aromatic rings. The van der Waals surface area contributed by atoms with Gasteiger partial charge < -0.3 is 84.3 Å². The lowest BCUT2D eigenvalue weighted by Crippen LogP contribution is -2.67. The van der Waals surface area contributed by atoms with Gasteiger partial charge in [0.05, 0.1) is 36.8 Å². The average molecular weight is 1040 g/mol. The van der Waals surface area contributed by atoms with E-state index >= 15 is 4.79 Å². The Bertz CT molecular complexity index is 2100. The van der Waals surface area contributed by atoms with E-state index in [-0.39, 0.29) is 35.0 Å². The highest BCUT2D eigenvalue weighted by atomic mass is 32.3. The van der Waals surface area contributed by atoms with Crippen LogP contribution in [0.2, 0.25) is 0 Å². The quantitative estimate of drug-likeness (QED) is 0.0491. The maximum Gasteiger partial charge on any atom is 0.397 e. The third kappa shape index (κ3) is 9.19. The van der Waals surface area contributed by atoms with Crippen LogP contribution in [0.25, 0.3) is 0 Å². The normalized spacial score (nSPS) is 51.9. The summed E-state index contributed by atoms with van der Waals surface area (Å²) in [6.07, 6.45) is -19.3. The number of carbonyl (C=O) groups is 2. The summed E-state index contributed by atoms with van der Waals surface area (Å²) in [7, 11) is -4.83. The van der Waals surface area contributed by atoms with Gasteiger partial charge in [0.1, 0.15) is 73.4 Å². The van der Waals surface area contributed by atoms with Gasteiger partial charge in [-0.2, -0.15) is 8.42 Å². The summed E-state index contributed by atoms with van der Waals surface area (Å²) in [5.41, 5.74) is -2.73. The minimum atomic E-state index is -4.83. The molecule has 406 valence electrons. The van der Waals surface area contributed by atoms with Crippen molar-refractivity contribution in [2.24, 2.45) is 50.2 Å². The van der Waals surface area contributed by atoms with Crippen molar-refractivity contribution >= 4 is 22.7 Å². The number of ether oxygens (including phenoxy) is 6. The van der Waals surface area contributed by atoms with Crippen LogP contribution in [-0.4, -0.2) is 194 Å². The fourth-order valence-electron chi connectivity index (χ4n) is 15.0. The van der Waals surface area contributed by atoms with E-state index in [1.165, 1.54) is 0 Å². The number of fused-ring (bicyclic) bond motifs is 7. The lowest BCUT2D eigenvalue weighted by Gasteiger charge is -2.71. The third-order valence-corrected chi connectivity index (χ3v) is 19.9. The van der Waals surface area contributed by atoms with E-state index in [1.54, 1.807) is 6.92 Å². The zero-order valence-electron chi connectivity index (χ0n) is 41.1. The Labute approximate surface area is 413 Å². The average Bonchev–Trinajstić information content (AvgIpc) is 3.31. The number of allylic oxidation sites excluding steroid dienone is 2. The topological polar surface area (TPSA) is 355 Å². The second-order valence-corrected chi connectivity index (χ2v) is 24.7. The van der Waals surface area contributed by atoms with Crippen molar-refractivity contribution in [3.8, 4) is 0 Å². The molecule has 22 nitrogen and oxygen atoms in total. The molecule has 5 aliphatic carbocycles. The molecule has 24 atom stereocenters. The number of hydrogen-bond donors (Lipinski definition) is 11. The number of aldehydes is 1. The Morgan fingerprint density at radius 3 is 1.89 bits per heavy atom. The van der Waals surface area contributed by atoms with Gasteiger partial charge in [-0.3, -0.25) is 9.35 Å². The summed E-state index contributed by atoms with van der Waals surface area (Å²) in [5.74, 6) is -1.29. The third-order valence-electron chi connectivity index (χ3n) is 19.5. The van der Waals surface area contributed by atoms with Crippen LogP contribution >= 0.6 is 0 Å². The number of hydrogen-bond acceptors (Lipinski definition) is 21. The first-order chi connectivity index (χ1) is 33.1. The molecule has 4 saturated carbocycles. The molecule has 71 heavy (non-hydrogen) atoms. The number of carbonyl (C=O) groups excluding carboxylic acids is 2. The highest BCUT2D eigenvalue weighted by molar-refractivity contribution is 7.80. The van der Waals surface area contributed by atoms with Gasteiger partial charge in [0.15, 0.2) is 18.7 Å². The van der Waals surface area contributed by atoms with Crippen molar-refractivity contribution in [1.82, 2.24) is 0 Å². The highest BCUT2D eigenvalue weighted by Crippen LogP contribution is 2.76. The van der Waals surface area contributed by atoms with Crippen LogP contribution in [0.5, 0.6) is 0 Å². The van der Waals surface area contributed by atoms with Crippen molar-refractivity contribution in [3.63, 3.8) is 0 Å². The lowest BCUT2D eigenvalue weighted by atomic mass is 9.33. The molecule has 0 unspecified atom stereocenters. The van der Waals surface area contributed by atoms with E-state index in [9.17, 15) is 68.8 Å². The van der Waals surface area contributed by atoms with Crippen LogP contribution in [0, 0.1) is 50.2 Å². The van der Waals surface area contributed by atoms with Gasteiger partial charge in [0, 0.05) is 0 Å². The molecule has 0 aromatic carbocycles. The smallest absolute Gasteiger partial charge is 0.397 e. The van der Waals surface area contributed by atoms with E-state index in [0.717, 1.165) is 11.9 Å². The van der Waals surface area contributed by atoms with Gasteiger partial charge in [-0.25, -0.2) is 4.18 Å². The van der Waals surface area contributed by atoms with Crippen molar-refractivity contribution < 1.29 is 106 Å². The van der Waals surface area contributed by atoms with Gasteiger partial charge in [-0.05, 0) is 104 Å². The lowest BCUT2D eigenvalue weighted by molar-refractivity contribution is -0.368. The van der Waals surface area contributed by atoms with E-state index in [1.807, 2.05) is 0 Å². The van der Waals surface area contributed by atoms with Crippen molar-refractivity contribution in [2.45, 2.75) is 204 Å². The molecule has 7 fully saturated rings. The molecular formula is C48H76O22S. The minimum Gasteiger partial charge on any atom is -0.432 e. The van der Waals surface area contributed by atoms with Gasteiger partial charge in [0.2, 0.25) is 6.29 Å². The molecule has 0 aromatic heterocycles. The number of aliphatic hydroxyl groups excluding tert-OH is 10. The summed E-state index contributed by atoms with van der Waals surface area (Å²) < 4.78 is 74.0. The molecular weight excluding hydrogens is 961 g/mol. The van der Waals surface area contributed by atoms with Gasteiger partial charge in [-0.1, -0.05) is 53.2 Å². The second kappa shape index (κ2) is 19.6. The first-order valence-corrected chi connectivity index (χ1v) is 26.4. The maximum atomic E-state index is 15.4. The van der Waals surface area contributed by atoms with Crippen LogP contribution in [0.15, 0.2) is 11.6 Å². The molecule has 3 saturated heterocycles. The minimum absolute atomic E-state index is 0.0375. The Morgan fingerprint density at radius 1 is 0.704 bits per heavy atom. The molecule has 0 spiro atoms. The van der Waals surface area contributed by atoms with E-state index < -0.39 is 156 Å². The first kappa shape index (κ1) is 55.4. The zero-order chi connectivity index (χ0) is 52.2. The Kier molecular flexibility index (Phi) is 15.3. The van der Waals surface area contributed by atoms with Gasteiger partial charge >= 0.3 is 16.4 Å². The summed E-state index contributed by atoms with van der Waals surface area (Å²) >= 11 is 0. The predicted octanol–water partition coefficient (Wildman–Crippen LogP) is -0.853. The number of esters is 1.